The summed E-state index contributed by atoms with van der Waals surface area (Å²) in [6.07, 6.45) is -2.85. The lowest BCUT2D eigenvalue weighted by Gasteiger charge is -2.24. The first-order valence-corrected chi connectivity index (χ1v) is 4.57. The highest BCUT2D eigenvalue weighted by Crippen LogP contribution is 2.31. The Morgan fingerprint density at radius 1 is 1.45 bits per heavy atom. The van der Waals surface area contributed by atoms with Crippen LogP contribution in [0, 0.1) is 0 Å². The number of hydrogen-bond donors (Lipinski definition) is 0. The quantitative estimate of drug-likeness (QED) is 0.495. The summed E-state index contributed by atoms with van der Waals surface area (Å²) in [6.45, 7) is 0.153. The molecule has 1 aliphatic rings. The highest BCUT2D eigenvalue weighted by Gasteiger charge is 2.43. The molecule has 1 saturated heterocycles. The predicted octanol–water partition coefficient (Wildman–Crippen LogP) is 2.37. The minimum absolute atomic E-state index is 0.153. The molecular formula is C6H9BrF3N. The molecule has 0 radical (unpaired) electrons. The van der Waals surface area contributed by atoms with E-state index >= 15 is 0 Å². The average Bonchev–Trinajstić information content (AvgIpc) is 2.31. The summed E-state index contributed by atoms with van der Waals surface area (Å²) in [5.41, 5.74) is 0. The highest BCUT2D eigenvalue weighted by atomic mass is 79.9. The van der Waals surface area contributed by atoms with Crippen LogP contribution in [0.1, 0.15) is 12.8 Å². The second-order valence-corrected chi connectivity index (χ2v) is 3.26. The minimum atomic E-state index is -4.14. The van der Waals surface area contributed by atoms with Gasteiger partial charge in [-0.3, -0.25) is 0 Å². The average molecular weight is 232 g/mol. The summed E-state index contributed by atoms with van der Waals surface area (Å²) in [7, 11) is 0. The normalized spacial score (nSPS) is 27.8. The largest absolute Gasteiger partial charge is 0.460 e. The third kappa shape index (κ3) is 2.08. The summed E-state index contributed by atoms with van der Waals surface area (Å²) in [5.74, 6) is 0. The monoisotopic (exact) mass is 231 g/mol. The van der Waals surface area contributed by atoms with Gasteiger partial charge in [0.1, 0.15) is 0 Å². The third-order valence-electron chi connectivity index (χ3n) is 1.88. The van der Waals surface area contributed by atoms with E-state index in [0.29, 0.717) is 23.1 Å². The van der Waals surface area contributed by atoms with Crippen LogP contribution < -0.4 is 0 Å². The summed E-state index contributed by atoms with van der Waals surface area (Å²) in [5, 5.41) is 0.409. The van der Waals surface area contributed by atoms with Crippen molar-refractivity contribution in [2.24, 2.45) is 0 Å². The van der Waals surface area contributed by atoms with Crippen LogP contribution in [0.3, 0.4) is 0 Å². The third-order valence-corrected chi connectivity index (χ3v) is 2.63. The molecule has 0 spiro atoms. The van der Waals surface area contributed by atoms with E-state index < -0.39 is 6.30 Å². The van der Waals surface area contributed by atoms with Crippen molar-refractivity contribution >= 4 is 15.9 Å². The van der Waals surface area contributed by atoms with Crippen molar-refractivity contribution in [2.45, 2.75) is 25.2 Å². The first kappa shape index (κ1) is 9.32. The molecule has 1 nitrogen and oxygen atoms in total. The summed E-state index contributed by atoms with van der Waals surface area (Å²) in [4.78, 5) is 0.599. The maximum absolute atomic E-state index is 12.1. The molecule has 1 atom stereocenters. The molecule has 0 aromatic heterocycles. The van der Waals surface area contributed by atoms with Gasteiger partial charge < -0.3 is 0 Å². The topological polar surface area (TPSA) is 3.24 Å². The summed E-state index contributed by atoms with van der Waals surface area (Å²) >= 11 is 3.07. The van der Waals surface area contributed by atoms with Gasteiger partial charge in [-0.1, -0.05) is 15.9 Å². The van der Waals surface area contributed by atoms with Crippen molar-refractivity contribution in [1.29, 1.82) is 0 Å². The van der Waals surface area contributed by atoms with E-state index in [1.165, 1.54) is 0 Å². The fraction of sp³-hybridized carbons (Fsp3) is 1.00. The lowest BCUT2D eigenvalue weighted by atomic mass is 10.2. The molecule has 0 aromatic rings. The fourth-order valence-electron chi connectivity index (χ4n) is 1.33. The molecule has 0 N–H and O–H groups in total. The van der Waals surface area contributed by atoms with Gasteiger partial charge in [-0.15, -0.1) is 0 Å². The Balaban J connectivity index is 2.57. The fourth-order valence-corrected chi connectivity index (χ4v) is 2.00. The first-order chi connectivity index (χ1) is 5.05. The molecule has 0 aromatic carbocycles. The maximum Gasteiger partial charge on any atom is 0.460 e. The van der Waals surface area contributed by atoms with Gasteiger partial charge in [0.2, 0.25) is 0 Å². The molecule has 1 fully saturated rings. The molecule has 0 aliphatic carbocycles. The molecule has 66 valence electrons. The van der Waals surface area contributed by atoms with Gasteiger partial charge in [-0.25, -0.2) is 4.90 Å². The smallest absolute Gasteiger partial charge is 0.211 e. The van der Waals surface area contributed by atoms with E-state index in [1.807, 2.05) is 0 Å². The molecule has 11 heavy (non-hydrogen) atoms. The Morgan fingerprint density at radius 2 is 2.09 bits per heavy atom. The van der Waals surface area contributed by atoms with Crippen LogP contribution in [0.15, 0.2) is 0 Å². The van der Waals surface area contributed by atoms with Crippen molar-refractivity contribution in [1.82, 2.24) is 4.90 Å². The van der Waals surface area contributed by atoms with Crippen LogP contribution >= 0.6 is 15.9 Å². The first-order valence-electron chi connectivity index (χ1n) is 3.45. The van der Waals surface area contributed by atoms with Gasteiger partial charge in [-0.2, -0.15) is 13.2 Å². The minimum Gasteiger partial charge on any atom is -0.211 e. The molecule has 1 rings (SSSR count). The number of rotatable bonds is 1. The standard InChI is InChI=1S/C6H9BrF3N/c7-4-5-2-1-3-11(5)6(8,9)10/h5H,1-4H2/t5-/m0/s1. The van der Waals surface area contributed by atoms with E-state index in [9.17, 15) is 13.2 Å². The number of hydrogen-bond acceptors (Lipinski definition) is 1. The van der Waals surface area contributed by atoms with Crippen LogP contribution in [0.2, 0.25) is 0 Å². The molecule has 1 aliphatic heterocycles. The van der Waals surface area contributed by atoms with Crippen LogP contribution in [0.25, 0.3) is 0 Å². The van der Waals surface area contributed by atoms with Crippen LogP contribution in [0.5, 0.6) is 0 Å². The van der Waals surface area contributed by atoms with Crippen molar-refractivity contribution in [3.05, 3.63) is 0 Å². The zero-order valence-corrected chi connectivity index (χ0v) is 7.45. The van der Waals surface area contributed by atoms with Crippen molar-refractivity contribution < 1.29 is 13.2 Å². The Kier molecular flexibility index (Phi) is 2.80. The number of nitrogens with zero attached hydrogens (tertiary/aromatic N) is 1. The van der Waals surface area contributed by atoms with E-state index in [0.717, 1.165) is 0 Å². The summed E-state index contributed by atoms with van der Waals surface area (Å²) in [6, 6.07) is -0.352. The van der Waals surface area contributed by atoms with Gasteiger partial charge >= 0.3 is 6.30 Å². The lowest BCUT2D eigenvalue weighted by molar-refractivity contribution is -0.247. The molecular weight excluding hydrogens is 223 g/mol. The van der Waals surface area contributed by atoms with Crippen LogP contribution in [-0.4, -0.2) is 29.1 Å². The van der Waals surface area contributed by atoms with E-state index in [2.05, 4.69) is 15.9 Å². The Morgan fingerprint density at radius 3 is 2.45 bits per heavy atom. The Hall–Kier alpha value is 0.230. The summed E-state index contributed by atoms with van der Waals surface area (Å²) < 4.78 is 36.3. The number of alkyl halides is 4. The lowest BCUT2D eigenvalue weighted by Crippen LogP contribution is -2.42. The highest BCUT2D eigenvalue weighted by molar-refractivity contribution is 9.09. The zero-order chi connectivity index (χ0) is 8.48. The van der Waals surface area contributed by atoms with E-state index in [-0.39, 0.29) is 12.6 Å². The molecule has 0 bridgehead atoms. The van der Waals surface area contributed by atoms with Gasteiger partial charge in [0.05, 0.1) is 0 Å². The van der Waals surface area contributed by atoms with Gasteiger partial charge in [0, 0.05) is 17.9 Å². The molecule has 5 heteroatoms. The van der Waals surface area contributed by atoms with Crippen LogP contribution in [0.4, 0.5) is 13.2 Å². The predicted molar refractivity (Wildman–Crippen MR) is 39.6 cm³/mol. The molecule has 1 heterocycles. The Labute approximate surface area is 71.7 Å². The number of halogens is 4. The van der Waals surface area contributed by atoms with Crippen molar-refractivity contribution in [2.75, 3.05) is 11.9 Å². The van der Waals surface area contributed by atoms with Gasteiger partial charge in [-0.05, 0) is 12.8 Å². The van der Waals surface area contributed by atoms with Gasteiger partial charge in [0.25, 0.3) is 0 Å². The second kappa shape index (κ2) is 3.31. The zero-order valence-electron chi connectivity index (χ0n) is 5.86. The van der Waals surface area contributed by atoms with Gasteiger partial charge in [0.15, 0.2) is 0 Å². The van der Waals surface area contributed by atoms with E-state index in [1.54, 1.807) is 0 Å². The maximum atomic E-state index is 12.1. The van der Waals surface area contributed by atoms with E-state index in [4.69, 9.17) is 0 Å². The second-order valence-electron chi connectivity index (χ2n) is 2.61. The Bertz CT molecular complexity index is 136. The molecule has 0 saturated carbocycles. The van der Waals surface area contributed by atoms with Crippen LogP contribution in [-0.2, 0) is 0 Å². The van der Waals surface area contributed by atoms with Crippen molar-refractivity contribution in [3.8, 4) is 0 Å². The van der Waals surface area contributed by atoms with Crippen molar-refractivity contribution in [3.63, 3.8) is 0 Å². The SMILES string of the molecule is FC(F)(F)N1CCC[C@H]1CBr. The molecule has 0 unspecified atom stereocenters. The number of likely N-dealkylation sites (tertiary alicyclic amines) is 1. The molecule has 0 amide bonds.